The topological polar surface area (TPSA) is 69.6 Å². The van der Waals surface area contributed by atoms with E-state index >= 15 is 0 Å². The molecule has 140 valence electrons. The molecule has 4 rings (SSSR count). The van der Waals surface area contributed by atoms with Gasteiger partial charge in [-0.15, -0.1) is 0 Å². The molecular weight excluding hydrogens is 362 g/mol. The van der Waals surface area contributed by atoms with E-state index in [-0.39, 0.29) is 5.69 Å². The average Bonchev–Trinajstić information content (AvgIpc) is 2.98. The highest BCUT2D eigenvalue weighted by atomic mass is 32.2. The molecular formula is C20H22N3O3S+. The van der Waals surface area contributed by atoms with Crippen molar-refractivity contribution in [1.82, 2.24) is 0 Å². The molecule has 1 N–H and O–H groups in total. The summed E-state index contributed by atoms with van der Waals surface area (Å²) in [6.07, 6.45) is 0.990. The fourth-order valence-corrected chi connectivity index (χ4v) is 4.99. The molecule has 0 aromatic heterocycles. The molecule has 27 heavy (non-hydrogen) atoms. The van der Waals surface area contributed by atoms with Crippen LogP contribution in [-0.4, -0.2) is 38.6 Å². The fraction of sp³-hybridized carbons (Fsp3) is 0.350. The predicted molar refractivity (Wildman–Crippen MR) is 107 cm³/mol. The van der Waals surface area contributed by atoms with Gasteiger partial charge in [0.2, 0.25) is 0 Å². The maximum absolute atomic E-state index is 11.7. The highest BCUT2D eigenvalue weighted by molar-refractivity contribution is 8.13. The SMILES string of the molecule is Cc1cccc(N2CC(O)(c3ccc([N+](=O)[O-])cc3)[N+]3=C2SCCC3)c1C. The quantitative estimate of drug-likeness (QED) is 0.499. The number of non-ortho nitro benzene ring substituents is 1. The number of β-amino-alcohol motifs (C(OH)–C–C–N with tert-alkyl or cyclic N) is 1. The van der Waals surface area contributed by atoms with Crippen LogP contribution in [0.15, 0.2) is 42.5 Å². The van der Waals surface area contributed by atoms with Crippen LogP contribution in [0.5, 0.6) is 0 Å². The average molecular weight is 384 g/mol. The highest BCUT2D eigenvalue weighted by Gasteiger charge is 2.53. The first kappa shape index (κ1) is 18.0. The van der Waals surface area contributed by atoms with Gasteiger partial charge in [0.25, 0.3) is 11.4 Å². The van der Waals surface area contributed by atoms with E-state index in [1.807, 2.05) is 10.6 Å². The zero-order valence-electron chi connectivity index (χ0n) is 15.4. The van der Waals surface area contributed by atoms with E-state index in [2.05, 4.69) is 30.9 Å². The number of aliphatic hydroxyl groups is 1. The van der Waals surface area contributed by atoms with Gasteiger partial charge in [-0.05, 0) is 61.4 Å². The van der Waals surface area contributed by atoms with E-state index in [4.69, 9.17) is 0 Å². The molecule has 2 aliphatic rings. The van der Waals surface area contributed by atoms with E-state index in [9.17, 15) is 15.2 Å². The summed E-state index contributed by atoms with van der Waals surface area (Å²) in [4.78, 5) is 12.7. The van der Waals surface area contributed by atoms with Gasteiger partial charge in [0.1, 0.15) is 5.69 Å². The first-order valence-electron chi connectivity index (χ1n) is 9.00. The van der Waals surface area contributed by atoms with Crippen LogP contribution in [-0.2, 0) is 5.72 Å². The maximum atomic E-state index is 11.7. The van der Waals surface area contributed by atoms with Gasteiger partial charge in [0.15, 0.2) is 6.54 Å². The van der Waals surface area contributed by atoms with Gasteiger partial charge in [-0.25, -0.2) is 9.48 Å². The van der Waals surface area contributed by atoms with Crippen LogP contribution < -0.4 is 4.90 Å². The van der Waals surface area contributed by atoms with Crippen molar-refractivity contribution in [2.75, 3.05) is 23.7 Å². The van der Waals surface area contributed by atoms with Crippen molar-refractivity contribution < 1.29 is 14.6 Å². The van der Waals surface area contributed by atoms with Crippen molar-refractivity contribution >= 4 is 28.3 Å². The number of hydrogen-bond acceptors (Lipinski definition) is 5. The van der Waals surface area contributed by atoms with Gasteiger partial charge in [-0.2, -0.15) is 0 Å². The predicted octanol–water partition coefficient (Wildman–Crippen LogP) is 3.38. The second-order valence-electron chi connectivity index (χ2n) is 7.06. The Morgan fingerprint density at radius 3 is 2.67 bits per heavy atom. The minimum atomic E-state index is -1.20. The summed E-state index contributed by atoms with van der Waals surface area (Å²) < 4.78 is 2.05. The van der Waals surface area contributed by atoms with Gasteiger partial charge in [-0.1, -0.05) is 12.1 Å². The van der Waals surface area contributed by atoms with Crippen molar-refractivity contribution in [1.29, 1.82) is 0 Å². The fourth-order valence-electron chi connectivity index (χ4n) is 3.81. The van der Waals surface area contributed by atoms with E-state index in [0.717, 1.165) is 29.6 Å². The third kappa shape index (κ3) is 2.91. The number of nitro benzene ring substituents is 1. The minimum Gasteiger partial charge on any atom is -0.346 e. The molecule has 0 bridgehead atoms. The van der Waals surface area contributed by atoms with Crippen LogP contribution in [0, 0.1) is 24.0 Å². The Bertz CT molecular complexity index is 942. The Hall–Kier alpha value is -2.38. The summed E-state index contributed by atoms with van der Waals surface area (Å²) >= 11 is 1.76. The first-order valence-corrected chi connectivity index (χ1v) is 9.99. The normalized spacial score (nSPS) is 22.1. The zero-order chi connectivity index (χ0) is 19.2. The van der Waals surface area contributed by atoms with Gasteiger partial charge in [0, 0.05) is 23.4 Å². The molecule has 2 aromatic carbocycles. The van der Waals surface area contributed by atoms with E-state index in [1.54, 1.807) is 23.9 Å². The monoisotopic (exact) mass is 384 g/mol. The third-order valence-electron chi connectivity index (χ3n) is 5.45. The zero-order valence-corrected chi connectivity index (χ0v) is 16.2. The molecule has 6 nitrogen and oxygen atoms in total. The molecule has 1 unspecified atom stereocenters. The van der Waals surface area contributed by atoms with E-state index in [0.29, 0.717) is 12.1 Å². The molecule has 0 aliphatic carbocycles. The number of nitrogens with zero attached hydrogens (tertiary/aromatic N) is 3. The first-order chi connectivity index (χ1) is 12.9. The van der Waals surface area contributed by atoms with Gasteiger partial charge in [0.05, 0.1) is 11.5 Å². The van der Waals surface area contributed by atoms with Gasteiger partial charge >= 0.3 is 5.17 Å². The molecule has 2 aromatic rings. The second-order valence-corrected chi connectivity index (χ2v) is 8.12. The number of rotatable bonds is 3. The van der Waals surface area contributed by atoms with E-state index < -0.39 is 10.6 Å². The molecule has 1 atom stereocenters. The number of amidine groups is 1. The van der Waals surface area contributed by atoms with Crippen molar-refractivity contribution in [3.63, 3.8) is 0 Å². The van der Waals surface area contributed by atoms with Crippen LogP contribution in [0.4, 0.5) is 11.4 Å². The Balaban J connectivity index is 1.80. The summed E-state index contributed by atoms with van der Waals surface area (Å²) in [6.45, 7) is 5.36. The lowest BCUT2D eigenvalue weighted by atomic mass is 10.0. The third-order valence-corrected chi connectivity index (χ3v) is 6.64. The maximum Gasteiger partial charge on any atom is 0.316 e. The molecule has 0 fully saturated rings. The molecule has 7 heteroatoms. The molecule has 0 radical (unpaired) electrons. The minimum absolute atomic E-state index is 0.0314. The Labute approximate surface area is 162 Å². The number of anilines is 1. The largest absolute Gasteiger partial charge is 0.346 e. The summed E-state index contributed by atoms with van der Waals surface area (Å²) in [5.74, 6) is 1.02. The number of aryl methyl sites for hydroxylation is 1. The Morgan fingerprint density at radius 1 is 1.22 bits per heavy atom. The molecule has 2 aliphatic heterocycles. The number of hydrogen-bond donors (Lipinski definition) is 1. The van der Waals surface area contributed by atoms with Gasteiger partial charge in [-0.3, -0.25) is 10.1 Å². The Morgan fingerprint density at radius 2 is 1.96 bits per heavy atom. The smallest absolute Gasteiger partial charge is 0.316 e. The lowest BCUT2D eigenvalue weighted by Gasteiger charge is -2.24. The number of benzene rings is 2. The number of thioether (sulfide) groups is 1. The van der Waals surface area contributed by atoms with Crippen molar-refractivity contribution in [3.8, 4) is 0 Å². The number of nitro groups is 1. The lowest BCUT2D eigenvalue weighted by Crippen LogP contribution is -2.41. The summed E-state index contributed by atoms with van der Waals surface area (Å²) in [6, 6.07) is 12.5. The summed E-state index contributed by atoms with van der Waals surface area (Å²) in [7, 11) is 0. The van der Waals surface area contributed by atoms with Crippen molar-refractivity contribution in [2.24, 2.45) is 0 Å². The highest BCUT2D eigenvalue weighted by Crippen LogP contribution is 2.39. The molecule has 2 heterocycles. The summed E-state index contributed by atoms with van der Waals surface area (Å²) in [5, 5.41) is 23.7. The van der Waals surface area contributed by atoms with Crippen LogP contribution in [0.3, 0.4) is 0 Å². The van der Waals surface area contributed by atoms with Crippen LogP contribution >= 0.6 is 11.8 Å². The lowest BCUT2D eigenvalue weighted by molar-refractivity contribution is -0.656. The van der Waals surface area contributed by atoms with Crippen LogP contribution in [0.2, 0.25) is 0 Å². The van der Waals surface area contributed by atoms with E-state index in [1.165, 1.54) is 23.3 Å². The van der Waals surface area contributed by atoms with Crippen LogP contribution in [0.1, 0.15) is 23.1 Å². The molecule has 0 saturated carbocycles. The molecule has 0 amide bonds. The standard InChI is InChI=1S/C20H22N3O3S/c1-14-5-3-6-18(15(14)2)21-13-20(24,22-11-4-12-27-19(21)22)16-7-9-17(10-8-16)23(25)26/h3,5-10,24H,4,11-13H2,1-2H3/q+1. The van der Waals surface area contributed by atoms with Gasteiger partial charge < -0.3 is 5.11 Å². The second kappa shape index (κ2) is 6.65. The van der Waals surface area contributed by atoms with Crippen molar-refractivity contribution in [2.45, 2.75) is 26.0 Å². The van der Waals surface area contributed by atoms with Crippen molar-refractivity contribution in [3.05, 3.63) is 69.3 Å². The summed E-state index contributed by atoms with van der Waals surface area (Å²) in [5.41, 5.74) is 3.02. The van der Waals surface area contributed by atoms with Crippen LogP contribution in [0.25, 0.3) is 0 Å². The Kier molecular flexibility index (Phi) is 4.44. The molecule has 0 saturated heterocycles. The molecule has 0 spiro atoms.